The summed E-state index contributed by atoms with van der Waals surface area (Å²) in [4.78, 5) is 22.8. The minimum atomic E-state index is -2.66. The standard InChI is InChI=1S/C18H21F2N5O/c19-17(20)15-9-14(23-18-21-11-22-25(15)18)13-6-3-7-24(10-13)16(26)8-12-4-1-2-5-12/h1,4,9,11-13,17H,2-3,5-8,10H2. The lowest BCUT2D eigenvalue weighted by Crippen LogP contribution is -2.40. The smallest absolute Gasteiger partial charge is 0.280 e. The molecule has 2 aliphatic rings. The van der Waals surface area contributed by atoms with Crippen molar-refractivity contribution in [2.45, 2.75) is 44.4 Å². The zero-order chi connectivity index (χ0) is 18.1. The molecule has 0 bridgehead atoms. The number of carbonyl (C=O) groups is 1. The van der Waals surface area contributed by atoms with Crippen molar-refractivity contribution >= 4 is 11.7 Å². The summed E-state index contributed by atoms with van der Waals surface area (Å²) < 4.78 is 27.8. The van der Waals surface area contributed by atoms with Crippen molar-refractivity contribution in [3.63, 3.8) is 0 Å². The van der Waals surface area contributed by atoms with E-state index in [-0.39, 0.29) is 23.3 Å². The Labute approximate surface area is 149 Å². The maximum absolute atomic E-state index is 13.4. The molecular formula is C18H21F2N5O. The second-order valence-corrected chi connectivity index (χ2v) is 7.03. The highest BCUT2D eigenvalue weighted by Gasteiger charge is 2.28. The van der Waals surface area contributed by atoms with Gasteiger partial charge in [-0.2, -0.15) is 14.6 Å². The number of piperidine rings is 1. The van der Waals surface area contributed by atoms with Crippen molar-refractivity contribution in [1.29, 1.82) is 0 Å². The molecule has 6 nitrogen and oxygen atoms in total. The zero-order valence-corrected chi connectivity index (χ0v) is 14.4. The lowest BCUT2D eigenvalue weighted by atomic mass is 9.93. The fourth-order valence-corrected chi connectivity index (χ4v) is 3.88. The number of allylic oxidation sites excluding steroid dienone is 2. The molecule has 4 rings (SSSR count). The first-order valence-electron chi connectivity index (χ1n) is 9.05. The third-order valence-electron chi connectivity index (χ3n) is 5.26. The summed E-state index contributed by atoms with van der Waals surface area (Å²) in [6.07, 6.45) is 7.09. The molecule has 0 N–H and O–H groups in total. The predicted molar refractivity (Wildman–Crippen MR) is 90.8 cm³/mol. The molecular weight excluding hydrogens is 340 g/mol. The van der Waals surface area contributed by atoms with Crippen LogP contribution < -0.4 is 0 Å². The number of alkyl halides is 2. The second kappa shape index (κ2) is 7.09. The molecule has 26 heavy (non-hydrogen) atoms. The van der Waals surface area contributed by atoms with E-state index in [1.54, 1.807) is 0 Å². The molecule has 2 aromatic rings. The van der Waals surface area contributed by atoms with Crippen LogP contribution in [0.2, 0.25) is 0 Å². The molecule has 0 aromatic carbocycles. The number of halogens is 2. The molecule has 0 spiro atoms. The summed E-state index contributed by atoms with van der Waals surface area (Å²) in [5.74, 6) is 0.603. The fraction of sp³-hybridized carbons (Fsp3) is 0.556. The number of amides is 1. The van der Waals surface area contributed by atoms with Gasteiger partial charge >= 0.3 is 0 Å². The normalized spacial score (nSPS) is 23.3. The molecule has 0 radical (unpaired) electrons. The van der Waals surface area contributed by atoms with Crippen molar-refractivity contribution in [3.8, 4) is 0 Å². The summed E-state index contributed by atoms with van der Waals surface area (Å²) in [5.41, 5.74) is 0.362. The molecule has 138 valence electrons. The number of rotatable bonds is 4. The molecule has 1 aliphatic heterocycles. The van der Waals surface area contributed by atoms with Crippen molar-refractivity contribution in [1.82, 2.24) is 24.5 Å². The number of hydrogen-bond acceptors (Lipinski definition) is 4. The minimum absolute atomic E-state index is 0.0500. The number of aromatic nitrogens is 4. The quantitative estimate of drug-likeness (QED) is 0.785. The summed E-state index contributed by atoms with van der Waals surface area (Å²) in [6.45, 7) is 1.25. The Hall–Kier alpha value is -2.38. The van der Waals surface area contributed by atoms with Gasteiger partial charge in [-0.05, 0) is 37.7 Å². The molecule has 2 unspecified atom stereocenters. The van der Waals surface area contributed by atoms with E-state index in [1.165, 1.54) is 12.4 Å². The van der Waals surface area contributed by atoms with Crippen LogP contribution in [0.25, 0.3) is 5.78 Å². The summed E-state index contributed by atoms with van der Waals surface area (Å²) >= 11 is 0. The fourth-order valence-electron chi connectivity index (χ4n) is 3.88. The van der Waals surface area contributed by atoms with Crippen LogP contribution in [0, 0.1) is 5.92 Å². The molecule has 8 heteroatoms. The molecule has 1 fully saturated rings. The lowest BCUT2D eigenvalue weighted by Gasteiger charge is -2.33. The van der Waals surface area contributed by atoms with E-state index in [1.807, 2.05) is 4.90 Å². The summed E-state index contributed by atoms with van der Waals surface area (Å²) in [5, 5.41) is 3.82. The largest absolute Gasteiger partial charge is 0.342 e. The van der Waals surface area contributed by atoms with E-state index in [4.69, 9.17) is 0 Å². The van der Waals surface area contributed by atoms with E-state index in [9.17, 15) is 13.6 Å². The Morgan fingerprint density at radius 1 is 1.35 bits per heavy atom. The molecule has 2 aromatic heterocycles. The monoisotopic (exact) mass is 361 g/mol. The van der Waals surface area contributed by atoms with Crippen molar-refractivity contribution in [2.24, 2.45) is 5.92 Å². The predicted octanol–water partition coefficient (Wildman–Crippen LogP) is 3.12. The van der Waals surface area contributed by atoms with Gasteiger partial charge in [-0.25, -0.2) is 13.8 Å². The van der Waals surface area contributed by atoms with Crippen LogP contribution in [0.15, 0.2) is 24.5 Å². The maximum Gasteiger partial charge on any atom is 0.280 e. The van der Waals surface area contributed by atoms with Gasteiger partial charge in [0.2, 0.25) is 5.91 Å². The second-order valence-electron chi connectivity index (χ2n) is 7.03. The lowest BCUT2D eigenvalue weighted by molar-refractivity contribution is -0.133. The SMILES string of the molecule is O=C(CC1C=CCC1)N1CCCC(c2cc(C(F)F)n3ncnc3n2)C1. The first-order valence-corrected chi connectivity index (χ1v) is 9.05. The Kier molecular flexibility index (Phi) is 4.65. The minimum Gasteiger partial charge on any atom is -0.342 e. The van der Waals surface area contributed by atoms with Gasteiger partial charge in [-0.1, -0.05) is 12.2 Å². The van der Waals surface area contributed by atoms with Crippen LogP contribution >= 0.6 is 0 Å². The molecule has 2 atom stereocenters. The third kappa shape index (κ3) is 3.32. The molecule has 0 saturated carbocycles. The van der Waals surface area contributed by atoms with Crippen molar-refractivity contribution in [2.75, 3.05) is 13.1 Å². The highest BCUT2D eigenvalue weighted by Crippen LogP contribution is 2.30. The summed E-state index contributed by atoms with van der Waals surface area (Å²) in [6, 6.07) is 1.41. The molecule has 1 amide bonds. The Bertz CT molecular complexity index is 834. The Balaban J connectivity index is 1.53. The van der Waals surface area contributed by atoms with Crippen LogP contribution in [0.1, 0.15) is 55.8 Å². The van der Waals surface area contributed by atoms with Crippen LogP contribution in [-0.2, 0) is 4.79 Å². The van der Waals surface area contributed by atoms with Crippen LogP contribution in [0.4, 0.5) is 8.78 Å². The van der Waals surface area contributed by atoms with Gasteiger partial charge in [0.1, 0.15) is 12.0 Å². The van der Waals surface area contributed by atoms with E-state index < -0.39 is 6.43 Å². The van der Waals surface area contributed by atoms with Gasteiger partial charge in [-0.3, -0.25) is 4.79 Å². The summed E-state index contributed by atoms with van der Waals surface area (Å²) in [7, 11) is 0. The average molecular weight is 361 g/mol. The van der Waals surface area contributed by atoms with E-state index in [0.717, 1.165) is 36.7 Å². The number of carbonyl (C=O) groups excluding carboxylic acids is 1. The van der Waals surface area contributed by atoms with Crippen LogP contribution in [0.5, 0.6) is 0 Å². The van der Waals surface area contributed by atoms with E-state index in [0.29, 0.717) is 24.6 Å². The van der Waals surface area contributed by atoms with Crippen LogP contribution in [-0.4, -0.2) is 43.5 Å². The Morgan fingerprint density at radius 2 is 2.23 bits per heavy atom. The number of likely N-dealkylation sites (tertiary alicyclic amines) is 1. The van der Waals surface area contributed by atoms with Crippen molar-refractivity contribution in [3.05, 3.63) is 35.9 Å². The number of nitrogens with zero attached hydrogens (tertiary/aromatic N) is 5. The maximum atomic E-state index is 13.4. The van der Waals surface area contributed by atoms with Gasteiger partial charge < -0.3 is 4.90 Å². The van der Waals surface area contributed by atoms with E-state index in [2.05, 4.69) is 27.2 Å². The highest BCUT2D eigenvalue weighted by molar-refractivity contribution is 5.77. The molecule has 1 aliphatic carbocycles. The van der Waals surface area contributed by atoms with Gasteiger partial charge in [-0.15, -0.1) is 0 Å². The molecule has 1 saturated heterocycles. The highest BCUT2D eigenvalue weighted by atomic mass is 19.3. The topological polar surface area (TPSA) is 63.4 Å². The number of hydrogen-bond donors (Lipinski definition) is 0. The van der Waals surface area contributed by atoms with Gasteiger partial charge in [0.05, 0.1) is 5.69 Å². The van der Waals surface area contributed by atoms with Gasteiger partial charge in [0, 0.05) is 25.4 Å². The average Bonchev–Trinajstić information content (AvgIpc) is 3.32. The van der Waals surface area contributed by atoms with Gasteiger partial charge in [0.25, 0.3) is 12.2 Å². The van der Waals surface area contributed by atoms with Gasteiger partial charge in [0.15, 0.2) is 0 Å². The van der Waals surface area contributed by atoms with E-state index >= 15 is 0 Å². The first-order chi connectivity index (χ1) is 12.6. The van der Waals surface area contributed by atoms with Crippen LogP contribution in [0.3, 0.4) is 0 Å². The third-order valence-corrected chi connectivity index (χ3v) is 5.26. The van der Waals surface area contributed by atoms with Crippen molar-refractivity contribution < 1.29 is 13.6 Å². The first kappa shape index (κ1) is 17.1. The number of fused-ring (bicyclic) bond motifs is 1. The Morgan fingerprint density at radius 3 is 3.00 bits per heavy atom. The zero-order valence-electron chi connectivity index (χ0n) is 14.4. The molecule has 3 heterocycles.